The first-order valence-corrected chi connectivity index (χ1v) is 9.92. The van der Waals surface area contributed by atoms with Crippen LogP contribution in [0.2, 0.25) is 0 Å². The number of aromatic nitrogens is 1. The Morgan fingerprint density at radius 3 is 2.57 bits per heavy atom. The Kier molecular flexibility index (Phi) is 6.97. The van der Waals surface area contributed by atoms with Gasteiger partial charge in [-0.1, -0.05) is 0 Å². The third-order valence-electron chi connectivity index (χ3n) is 5.43. The van der Waals surface area contributed by atoms with E-state index in [1.54, 1.807) is 12.4 Å². The Morgan fingerprint density at radius 1 is 1.30 bits per heavy atom. The second-order valence-electron chi connectivity index (χ2n) is 7.93. The van der Waals surface area contributed by atoms with Crippen LogP contribution in [0.15, 0.2) is 24.5 Å². The number of likely N-dealkylation sites (tertiary alicyclic amines) is 1. The lowest BCUT2D eigenvalue weighted by atomic mass is 9.89. The van der Waals surface area contributed by atoms with Crippen LogP contribution in [-0.2, 0) is 25.7 Å². The van der Waals surface area contributed by atoms with Crippen molar-refractivity contribution in [2.24, 2.45) is 5.92 Å². The van der Waals surface area contributed by atoms with Gasteiger partial charge >= 0.3 is 12.1 Å². The van der Waals surface area contributed by atoms with Gasteiger partial charge < -0.3 is 19.5 Å². The van der Waals surface area contributed by atoms with Gasteiger partial charge in [-0.3, -0.25) is 9.78 Å². The molecule has 0 aromatic carbocycles. The van der Waals surface area contributed by atoms with E-state index in [1.807, 2.05) is 17.0 Å². The zero-order valence-electron chi connectivity index (χ0n) is 16.4. The molecule has 0 bridgehead atoms. The molecule has 0 unspecified atom stereocenters. The molecular formula is C20H25F3N2O5. The zero-order chi connectivity index (χ0) is 21.8. The normalized spacial score (nSPS) is 26.2. The minimum absolute atomic E-state index is 0.124. The van der Waals surface area contributed by atoms with Crippen molar-refractivity contribution in [1.82, 2.24) is 9.88 Å². The number of amides is 1. The Morgan fingerprint density at radius 2 is 1.97 bits per heavy atom. The molecule has 1 N–H and O–H groups in total. The zero-order valence-corrected chi connectivity index (χ0v) is 16.4. The number of carbonyl (C=O) groups is 2. The third-order valence-corrected chi connectivity index (χ3v) is 5.43. The summed E-state index contributed by atoms with van der Waals surface area (Å²) in [6.07, 6.45) is 3.72. The van der Waals surface area contributed by atoms with Crippen molar-refractivity contribution in [2.45, 2.75) is 56.6 Å². The van der Waals surface area contributed by atoms with Crippen LogP contribution < -0.4 is 0 Å². The molecular weight excluding hydrogens is 405 g/mol. The number of piperidine rings is 1. The van der Waals surface area contributed by atoms with E-state index in [0.29, 0.717) is 25.0 Å². The standard InChI is InChI=1S/C18H24N2O3.C2HF3O2/c21-17(15-2-3-15)20-9-1-6-18(13-20)10-16(12-23-18)22-11-14-4-7-19-8-5-14;3-2(4,5)1(6)7/h4-5,7-8,15-16H,1-3,6,9-13H2;(H,6,7)/t16-,18-;/m0./s1. The lowest BCUT2D eigenvalue weighted by molar-refractivity contribution is -0.192. The summed E-state index contributed by atoms with van der Waals surface area (Å²) >= 11 is 0. The summed E-state index contributed by atoms with van der Waals surface area (Å²) in [7, 11) is 0. The summed E-state index contributed by atoms with van der Waals surface area (Å²) in [5.41, 5.74) is 0.959. The predicted octanol–water partition coefficient (Wildman–Crippen LogP) is 2.79. The predicted molar refractivity (Wildman–Crippen MR) is 98.3 cm³/mol. The van der Waals surface area contributed by atoms with Crippen LogP contribution in [-0.4, -0.2) is 64.4 Å². The van der Waals surface area contributed by atoms with Gasteiger partial charge in [-0.05, 0) is 43.4 Å². The van der Waals surface area contributed by atoms with Gasteiger partial charge in [-0.2, -0.15) is 13.2 Å². The Hall–Kier alpha value is -2.20. The highest BCUT2D eigenvalue weighted by Crippen LogP contribution is 2.38. The van der Waals surface area contributed by atoms with E-state index in [-0.39, 0.29) is 11.7 Å². The quantitative estimate of drug-likeness (QED) is 0.790. The minimum atomic E-state index is -5.08. The van der Waals surface area contributed by atoms with Crippen LogP contribution in [0.25, 0.3) is 0 Å². The number of hydrogen-bond donors (Lipinski definition) is 1. The van der Waals surface area contributed by atoms with Crippen molar-refractivity contribution < 1.29 is 37.3 Å². The maximum atomic E-state index is 12.3. The Balaban J connectivity index is 0.000000318. The van der Waals surface area contributed by atoms with Crippen molar-refractivity contribution in [3.63, 3.8) is 0 Å². The number of hydrogen-bond acceptors (Lipinski definition) is 5. The summed E-state index contributed by atoms with van der Waals surface area (Å²) in [4.78, 5) is 27.3. The van der Waals surface area contributed by atoms with Gasteiger partial charge in [0.1, 0.15) is 0 Å². The molecule has 166 valence electrons. The van der Waals surface area contributed by atoms with E-state index in [2.05, 4.69) is 4.98 Å². The van der Waals surface area contributed by atoms with Gasteiger partial charge in [-0.15, -0.1) is 0 Å². The maximum Gasteiger partial charge on any atom is 0.490 e. The summed E-state index contributed by atoms with van der Waals surface area (Å²) in [5, 5.41) is 7.12. The molecule has 2 saturated heterocycles. The molecule has 1 aromatic heterocycles. The molecule has 3 fully saturated rings. The third kappa shape index (κ3) is 6.15. The van der Waals surface area contributed by atoms with E-state index in [1.165, 1.54) is 0 Å². The molecule has 1 saturated carbocycles. The van der Waals surface area contributed by atoms with Crippen molar-refractivity contribution in [1.29, 1.82) is 0 Å². The van der Waals surface area contributed by atoms with Gasteiger partial charge in [0.15, 0.2) is 0 Å². The second-order valence-corrected chi connectivity index (χ2v) is 7.93. The van der Waals surface area contributed by atoms with Gasteiger partial charge in [0, 0.05) is 37.8 Å². The number of ether oxygens (including phenoxy) is 2. The van der Waals surface area contributed by atoms with Gasteiger partial charge in [-0.25, -0.2) is 4.79 Å². The lowest BCUT2D eigenvalue weighted by Crippen LogP contribution is -2.50. The number of carboxylic acids is 1. The average molecular weight is 430 g/mol. The largest absolute Gasteiger partial charge is 0.490 e. The van der Waals surface area contributed by atoms with Gasteiger partial charge in [0.05, 0.1) is 24.9 Å². The van der Waals surface area contributed by atoms with Crippen LogP contribution in [0.4, 0.5) is 13.2 Å². The lowest BCUT2D eigenvalue weighted by Gasteiger charge is -2.39. The average Bonchev–Trinajstić information content (AvgIpc) is 3.49. The van der Waals surface area contributed by atoms with Crippen molar-refractivity contribution in [3.8, 4) is 0 Å². The van der Waals surface area contributed by atoms with E-state index in [0.717, 1.165) is 50.8 Å². The molecule has 0 radical (unpaired) electrons. The second kappa shape index (κ2) is 9.30. The topological polar surface area (TPSA) is 89.0 Å². The first-order chi connectivity index (χ1) is 14.2. The highest BCUT2D eigenvalue weighted by atomic mass is 19.4. The first kappa shape index (κ1) is 22.5. The molecule has 3 heterocycles. The number of nitrogens with zero attached hydrogens (tertiary/aromatic N) is 2. The van der Waals surface area contributed by atoms with Crippen LogP contribution in [0, 0.1) is 5.92 Å². The van der Waals surface area contributed by atoms with Crippen molar-refractivity contribution in [3.05, 3.63) is 30.1 Å². The van der Waals surface area contributed by atoms with E-state index in [9.17, 15) is 18.0 Å². The fourth-order valence-corrected chi connectivity index (χ4v) is 3.76. The SMILES string of the molecule is O=C(C1CC1)N1CCC[C@]2(C[C@H](OCc3ccncc3)CO2)C1.O=C(O)C(F)(F)F. The molecule has 3 aliphatic rings. The van der Waals surface area contributed by atoms with Crippen molar-refractivity contribution in [2.75, 3.05) is 19.7 Å². The number of carboxylic acid groups (broad SMARTS) is 1. The van der Waals surface area contributed by atoms with Crippen LogP contribution in [0.3, 0.4) is 0 Å². The monoisotopic (exact) mass is 430 g/mol. The first-order valence-electron chi connectivity index (χ1n) is 9.92. The summed E-state index contributed by atoms with van der Waals surface area (Å²) < 4.78 is 43.9. The molecule has 1 aliphatic carbocycles. The number of pyridine rings is 1. The Labute approximate surface area is 172 Å². The smallest absolute Gasteiger partial charge is 0.475 e. The van der Waals surface area contributed by atoms with Gasteiger partial charge in [0.25, 0.3) is 0 Å². The van der Waals surface area contributed by atoms with E-state index >= 15 is 0 Å². The number of rotatable bonds is 4. The van der Waals surface area contributed by atoms with Gasteiger partial charge in [0.2, 0.25) is 5.91 Å². The molecule has 1 spiro atoms. The summed E-state index contributed by atoms with van der Waals surface area (Å²) in [6.45, 7) is 2.87. The molecule has 7 nitrogen and oxygen atoms in total. The molecule has 1 aromatic rings. The molecule has 10 heteroatoms. The van der Waals surface area contributed by atoms with E-state index < -0.39 is 12.1 Å². The minimum Gasteiger partial charge on any atom is -0.475 e. The van der Waals surface area contributed by atoms with Crippen LogP contribution in [0.5, 0.6) is 0 Å². The number of aliphatic carboxylic acids is 1. The molecule has 2 aliphatic heterocycles. The summed E-state index contributed by atoms with van der Waals surface area (Å²) in [5.74, 6) is -2.12. The molecule has 2 atom stereocenters. The number of halogens is 3. The fourth-order valence-electron chi connectivity index (χ4n) is 3.76. The Bertz CT molecular complexity index is 742. The number of alkyl halides is 3. The highest BCUT2D eigenvalue weighted by molar-refractivity contribution is 5.81. The molecule has 4 rings (SSSR count). The highest BCUT2D eigenvalue weighted by Gasteiger charge is 2.46. The number of carbonyl (C=O) groups excluding carboxylic acids is 1. The van der Waals surface area contributed by atoms with Crippen molar-refractivity contribution >= 4 is 11.9 Å². The van der Waals surface area contributed by atoms with Crippen LogP contribution >= 0.6 is 0 Å². The molecule has 1 amide bonds. The van der Waals surface area contributed by atoms with Crippen LogP contribution in [0.1, 0.15) is 37.7 Å². The maximum absolute atomic E-state index is 12.3. The fraction of sp³-hybridized carbons (Fsp3) is 0.650. The van der Waals surface area contributed by atoms with E-state index in [4.69, 9.17) is 19.4 Å². The summed E-state index contributed by atoms with van der Waals surface area (Å²) in [6, 6.07) is 3.95. The molecule has 30 heavy (non-hydrogen) atoms.